The molecule has 0 saturated carbocycles. The predicted molar refractivity (Wildman–Crippen MR) is 94.7 cm³/mol. The summed E-state index contributed by atoms with van der Waals surface area (Å²) in [6, 6.07) is 15.2. The number of amides is 1. The molecule has 2 rings (SSSR count). The Morgan fingerprint density at radius 2 is 1.72 bits per heavy atom. The minimum atomic E-state index is -2.91. The third-order valence-electron chi connectivity index (χ3n) is 3.78. The van der Waals surface area contributed by atoms with Crippen LogP contribution in [0.2, 0.25) is 0 Å². The highest BCUT2D eigenvalue weighted by atomic mass is 35.5. The molecule has 0 aliphatic rings. The molecule has 3 N–H and O–H groups in total. The number of para-hydroxylation sites is 1. The Hall–Kier alpha value is -2.18. The monoisotopic (exact) mass is 370 g/mol. The molecule has 0 heterocycles. The fraction of sp³-hybridized carbons (Fsp3) is 0.278. The number of halogens is 3. The lowest BCUT2D eigenvalue weighted by atomic mass is 9.94. The number of hydrogen-bond donors (Lipinski definition) is 2. The normalized spacial score (nSPS) is 12.8. The fourth-order valence-electron chi connectivity index (χ4n) is 2.33. The van der Waals surface area contributed by atoms with Crippen molar-refractivity contribution >= 4 is 18.3 Å². The molecule has 0 spiro atoms. The second kappa shape index (κ2) is 9.96. The Labute approximate surface area is 151 Å². The van der Waals surface area contributed by atoms with Gasteiger partial charge in [0.2, 0.25) is 5.91 Å². The van der Waals surface area contributed by atoms with Gasteiger partial charge in [0.25, 0.3) is 0 Å². The van der Waals surface area contributed by atoms with E-state index in [9.17, 15) is 13.6 Å². The maximum atomic E-state index is 12.4. The summed E-state index contributed by atoms with van der Waals surface area (Å²) in [6.45, 7) is -1.09. The first-order chi connectivity index (χ1) is 11.5. The summed E-state index contributed by atoms with van der Waals surface area (Å²) in [6.07, 6.45) is 0. The summed E-state index contributed by atoms with van der Waals surface area (Å²) in [5, 5.41) is 2.72. The third-order valence-corrected chi connectivity index (χ3v) is 3.78. The van der Waals surface area contributed by atoms with Gasteiger partial charge in [-0.05, 0) is 11.6 Å². The first kappa shape index (κ1) is 20.9. The Kier molecular flexibility index (Phi) is 8.31. The third kappa shape index (κ3) is 5.99. The van der Waals surface area contributed by atoms with Crippen molar-refractivity contribution in [2.24, 2.45) is 11.7 Å². The molecule has 0 aliphatic carbocycles. The summed E-state index contributed by atoms with van der Waals surface area (Å²) >= 11 is 0. The van der Waals surface area contributed by atoms with Gasteiger partial charge in [0.1, 0.15) is 5.75 Å². The summed E-state index contributed by atoms with van der Waals surface area (Å²) in [5.74, 6) is -0.665. The molecule has 0 aromatic heterocycles. The van der Waals surface area contributed by atoms with Crippen molar-refractivity contribution in [3.05, 3.63) is 65.7 Å². The first-order valence-electron chi connectivity index (χ1n) is 7.60. The average molecular weight is 371 g/mol. The van der Waals surface area contributed by atoms with Gasteiger partial charge in [0.15, 0.2) is 0 Å². The van der Waals surface area contributed by atoms with Gasteiger partial charge in [-0.15, -0.1) is 12.4 Å². The molecule has 2 aromatic rings. The highest BCUT2D eigenvalue weighted by molar-refractivity contribution is 5.85. The van der Waals surface area contributed by atoms with Crippen LogP contribution >= 0.6 is 12.4 Å². The summed E-state index contributed by atoms with van der Waals surface area (Å²) in [5.41, 5.74) is 7.46. The van der Waals surface area contributed by atoms with E-state index in [2.05, 4.69) is 10.1 Å². The van der Waals surface area contributed by atoms with E-state index in [4.69, 9.17) is 5.73 Å². The predicted octanol–water partition coefficient (Wildman–Crippen LogP) is 3.66. The smallest absolute Gasteiger partial charge is 0.387 e. The van der Waals surface area contributed by atoms with Crippen LogP contribution in [0, 0.1) is 5.92 Å². The van der Waals surface area contributed by atoms with Gasteiger partial charge < -0.3 is 15.8 Å². The van der Waals surface area contributed by atoms with Crippen molar-refractivity contribution in [3.63, 3.8) is 0 Å². The van der Waals surface area contributed by atoms with E-state index in [-0.39, 0.29) is 30.6 Å². The molecule has 0 saturated heterocycles. The second-order valence-corrected chi connectivity index (χ2v) is 5.43. The first-order valence-corrected chi connectivity index (χ1v) is 7.60. The Balaban J connectivity index is 0.00000312. The van der Waals surface area contributed by atoms with Gasteiger partial charge >= 0.3 is 6.61 Å². The summed E-state index contributed by atoms with van der Waals surface area (Å²) < 4.78 is 29.2. The largest absolute Gasteiger partial charge is 0.434 e. The van der Waals surface area contributed by atoms with Crippen LogP contribution in [0.4, 0.5) is 8.78 Å². The van der Waals surface area contributed by atoms with Crippen LogP contribution in [-0.4, -0.2) is 12.5 Å². The van der Waals surface area contributed by atoms with E-state index in [0.717, 1.165) is 5.56 Å². The number of benzene rings is 2. The minimum Gasteiger partial charge on any atom is -0.434 e. The molecular weight excluding hydrogens is 350 g/mol. The van der Waals surface area contributed by atoms with Crippen LogP contribution in [0.15, 0.2) is 54.6 Å². The van der Waals surface area contributed by atoms with E-state index in [1.807, 2.05) is 30.3 Å². The Morgan fingerprint density at radius 1 is 1.12 bits per heavy atom. The number of ether oxygens (including phenoxy) is 1. The zero-order valence-electron chi connectivity index (χ0n) is 13.7. The maximum Gasteiger partial charge on any atom is 0.387 e. The molecular formula is C18H21ClF2N2O2. The number of hydrogen-bond acceptors (Lipinski definition) is 3. The zero-order valence-corrected chi connectivity index (χ0v) is 14.5. The molecule has 0 aliphatic heterocycles. The van der Waals surface area contributed by atoms with E-state index in [0.29, 0.717) is 5.56 Å². The summed E-state index contributed by atoms with van der Waals surface area (Å²) in [4.78, 5) is 12.3. The van der Waals surface area contributed by atoms with Crippen molar-refractivity contribution in [3.8, 4) is 5.75 Å². The number of rotatable bonds is 7. The number of nitrogens with two attached hydrogens (primary N) is 1. The Bertz CT molecular complexity index is 671. The highest BCUT2D eigenvalue weighted by Crippen LogP contribution is 2.22. The van der Waals surface area contributed by atoms with Crippen LogP contribution in [-0.2, 0) is 11.3 Å². The van der Waals surface area contributed by atoms with Gasteiger partial charge in [-0.1, -0.05) is 55.5 Å². The summed E-state index contributed by atoms with van der Waals surface area (Å²) in [7, 11) is 0. The second-order valence-electron chi connectivity index (χ2n) is 5.43. The molecule has 7 heteroatoms. The number of nitrogens with one attached hydrogen (secondary N) is 1. The minimum absolute atomic E-state index is 0. The lowest BCUT2D eigenvalue weighted by Crippen LogP contribution is -2.35. The van der Waals surface area contributed by atoms with Gasteiger partial charge in [0.05, 0.1) is 5.92 Å². The van der Waals surface area contributed by atoms with E-state index in [1.54, 1.807) is 25.1 Å². The number of carbonyl (C=O) groups is 1. The van der Waals surface area contributed by atoms with Crippen LogP contribution < -0.4 is 15.8 Å². The van der Waals surface area contributed by atoms with Crippen molar-refractivity contribution in [2.45, 2.75) is 26.1 Å². The molecule has 2 aromatic carbocycles. The van der Waals surface area contributed by atoms with Gasteiger partial charge in [0, 0.05) is 18.2 Å². The fourth-order valence-corrected chi connectivity index (χ4v) is 2.33. The van der Waals surface area contributed by atoms with Crippen molar-refractivity contribution in [1.29, 1.82) is 0 Å². The lowest BCUT2D eigenvalue weighted by molar-refractivity contribution is -0.125. The number of carbonyl (C=O) groups excluding carboxylic acids is 1. The molecule has 4 nitrogen and oxygen atoms in total. The zero-order chi connectivity index (χ0) is 17.5. The molecule has 2 atom stereocenters. The maximum absolute atomic E-state index is 12.4. The molecule has 0 fully saturated rings. The molecule has 0 bridgehead atoms. The van der Waals surface area contributed by atoms with Crippen LogP contribution in [0.1, 0.15) is 24.1 Å². The highest BCUT2D eigenvalue weighted by Gasteiger charge is 2.22. The van der Waals surface area contributed by atoms with Crippen LogP contribution in [0.25, 0.3) is 0 Å². The number of alkyl halides is 2. The van der Waals surface area contributed by atoms with Crippen molar-refractivity contribution in [2.75, 3.05) is 0 Å². The Morgan fingerprint density at radius 3 is 2.36 bits per heavy atom. The molecule has 0 radical (unpaired) electrons. The molecule has 136 valence electrons. The van der Waals surface area contributed by atoms with E-state index < -0.39 is 18.6 Å². The van der Waals surface area contributed by atoms with Gasteiger partial charge in [-0.2, -0.15) is 8.78 Å². The average Bonchev–Trinajstić information content (AvgIpc) is 2.59. The lowest BCUT2D eigenvalue weighted by Gasteiger charge is -2.20. The van der Waals surface area contributed by atoms with Gasteiger partial charge in [-0.25, -0.2) is 0 Å². The van der Waals surface area contributed by atoms with Crippen LogP contribution in [0.3, 0.4) is 0 Å². The standard InChI is InChI=1S/C18H20F2N2O2.ClH/c1-12(16(21)13-7-3-2-4-8-13)17(23)22-11-14-9-5-6-10-15(14)24-18(19)20;/h2-10,12,16,18H,11,21H2,1H3,(H,22,23);1H. The van der Waals surface area contributed by atoms with E-state index in [1.165, 1.54) is 6.07 Å². The van der Waals surface area contributed by atoms with Gasteiger partial charge in [-0.3, -0.25) is 4.79 Å². The van der Waals surface area contributed by atoms with Crippen LogP contribution in [0.5, 0.6) is 5.75 Å². The molecule has 2 unspecified atom stereocenters. The van der Waals surface area contributed by atoms with Crippen molar-refractivity contribution < 1.29 is 18.3 Å². The van der Waals surface area contributed by atoms with E-state index >= 15 is 0 Å². The molecule has 25 heavy (non-hydrogen) atoms. The topological polar surface area (TPSA) is 64.3 Å². The molecule has 1 amide bonds. The quantitative estimate of drug-likeness (QED) is 0.781. The SMILES string of the molecule is CC(C(=O)NCc1ccccc1OC(F)F)C(N)c1ccccc1.Cl. The van der Waals surface area contributed by atoms with Crippen molar-refractivity contribution in [1.82, 2.24) is 5.32 Å².